The first-order valence-electron chi connectivity index (χ1n) is 12.2. The Balaban J connectivity index is 1.48. The molecule has 0 bridgehead atoms. The molecule has 3 saturated heterocycles. The Bertz CT molecular complexity index is 953. The van der Waals surface area contributed by atoms with Crippen molar-refractivity contribution in [2.45, 2.75) is 83.6 Å². The standard InChI is InChI=1S/C27H35NO5/c1-25(2,3)24-28-23(30)20-15-21(31-16-18-11-7-5-8-12-18)33-26(20,4)27(28,17-32-24)22(29)19-13-9-6-10-14-19/h5,7-9,11-13,19-21,24H,6,10,14-17H2,1-4H3/t19-,20+,21?,24+,26+,27-/m1/s1. The number of hydrogen-bond acceptors (Lipinski definition) is 5. The van der Waals surface area contributed by atoms with Crippen molar-refractivity contribution in [2.75, 3.05) is 6.61 Å². The number of amides is 1. The minimum absolute atomic E-state index is 0.0473. The van der Waals surface area contributed by atoms with E-state index in [4.69, 9.17) is 14.2 Å². The molecule has 3 aliphatic heterocycles. The number of rotatable bonds is 5. The molecule has 4 aliphatic rings. The van der Waals surface area contributed by atoms with E-state index in [-0.39, 0.29) is 29.6 Å². The number of ether oxygens (including phenoxy) is 3. The minimum atomic E-state index is -1.14. The fourth-order valence-electron chi connectivity index (χ4n) is 6.22. The molecule has 1 aliphatic carbocycles. The summed E-state index contributed by atoms with van der Waals surface area (Å²) in [6.07, 6.45) is 6.32. The van der Waals surface area contributed by atoms with Crippen molar-refractivity contribution in [3.8, 4) is 0 Å². The first-order chi connectivity index (χ1) is 15.7. The van der Waals surface area contributed by atoms with Crippen molar-refractivity contribution in [1.29, 1.82) is 0 Å². The van der Waals surface area contributed by atoms with Crippen molar-refractivity contribution in [2.24, 2.45) is 17.3 Å². The van der Waals surface area contributed by atoms with E-state index in [0.29, 0.717) is 13.0 Å². The van der Waals surface area contributed by atoms with Gasteiger partial charge >= 0.3 is 0 Å². The summed E-state index contributed by atoms with van der Waals surface area (Å²) in [5.74, 6) is -0.649. The Labute approximate surface area is 196 Å². The van der Waals surface area contributed by atoms with E-state index >= 15 is 0 Å². The van der Waals surface area contributed by atoms with Crippen molar-refractivity contribution in [3.05, 3.63) is 48.0 Å². The lowest BCUT2D eigenvalue weighted by atomic mass is 9.70. The topological polar surface area (TPSA) is 65.1 Å². The van der Waals surface area contributed by atoms with Crippen LogP contribution in [-0.4, -0.2) is 46.9 Å². The van der Waals surface area contributed by atoms with Gasteiger partial charge in [-0.3, -0.25) is 14.5 Å². The normalized spacial score (nSPS) is 37.9. The van der Waals surface area contributed by atoms with Gasteiger partial charge in [0.05, 0.1) is 19.1 Å². The van der Waals surface area contributed by atoms with Gasteiger partial charge in [0.15, 0.2) is 17.6 Å². The predicted octanol–water partition coefficient (Wildman–Crippen LogP) is 4.23. The molecule has 1 unspecified atom stereocenters. The number of allylic oxidation sites excluding steroid dienone is 2. The summed E-state index contributed by atoms with van der Waals surface area (Å²) in [7, 11) is 0. The number of carbonyl (C=O) groups is 2. The number of fused-ring (bicyclic) bond motifs is 3. The lowest BCUT2D eigenvalue weighted by molar-refractivity contribution is -0.199. The molecule has 6 nitrogen and oxygen atoms in total. The molecule has 6 atom stereocenters. The molecule has 0 saturated carbocycles. The van der Waals surface area contributed by atoms with Gasteiger partial charge in [-0.25, -0.2) is 0 Å². The third-order valence-electron chi connectivity index (χ3n) is 7.94. The van der Waals surface area contributed by atoms with E-state index in [2.05, 4.69) is 26.8 Å². The molecule has 0 aromatic heterocycles. The molecule has 5 rings (SSSR count). The van der Waals surface area contributed by atoms with Crippen LogP contribution in [0.2, 0.25) is 0 Å². The maximum absolute atomic E-state index is 14.2. The summed E-state index contributed by atoms with van der Waals surface area (Å²) in [6.45, 7) is 8.65. The summed E-state index contributed by atoms with van der Waals surface area (Å²) in [5.41, 5.74) is -1.40. The highest BCUT2D eigenvalue weighted by Gasteiger charge is 2.78. The molecule has 1 aromatic rings. The molecule has 0 radical (unpaired) electrons. The van der Waals surface area contributed by atoms with Crippen LogP contribution >= 0.6 is 0 Å². The van der Waals surface area contributed by atoms with Crippen LogP contribution in [0.3, 0.4) is 0 Å². The van der Waals surface area contributed by atoms with Crippen LogP contribution in [0.25, 0.3) is 0 Å². The van der Waals surface area contributed by atoms with Gasteiger partial charge in [-0.15, -0.1) is 0 Å². The average Bonchev–Trinajstić information content (AvgIpc) is 3.42. The van der Waals surface area contributed by atoms with E-state index < -0.39 is 29.6 Å². The monoisotopic (exact) mass is 453 g/mol. The lowest BCUT2D eigenvalue weighted by Gasteiger charge is -2.44. The molecule has 33 heavy (non-hydrogen) atoms. The maximum Gasteiger partial charge on any atom is 0.231 e. The number of benzene rings is 1. The van der Waals surface area contributed by atoms with Gasteiger partial charge in [0.1, 0.15) is 11.8 Å². The van der Waals surface area contributed by atoms with Crippen molar-refractivity contribution < 1.29 is 23.8 Å². The number of carbonyl (C=O) groups excluding carboxylic acids is 2. The molecule has 1 aromatic carbocycles. The second-order valence-electron chi connectivity index (χ2n) is 11.2. The molecule has 3 heterocycles. The molecule has 0 N–H and O–H groups in total. The largest absolute Gasteiger partial charge is 0.355 e. The lowest BCUT2D eigenvalue weighted by Crippen LogP contribution is -2.65. The Morgan fingerprint density at radius 2 is 2.00 bits per heavy atom. The van der Waals surface area contributed by atoms with E-state index in [0.717, 1.165) is 24.8 Å². The Morgan fingerprint density at radius 1 is 1.24 bits per heavy atom. The van der Waals surface area contributed by atoms with Gasteiger partial charge in [-0.2, -0.15) is 0 Å². The molecule has 1 amide bonds. The number of ketones is 1. The third kappa shape index (κ3) is 3.41. The summed E-state index contributed by atoms with van der Waals surface area (Å²) in [5, 5.41) is 0. The first kappa shape index (κ1) is 22.8. The summed E-state index contributed by atoms with van der Waals surface area (Å²) >= 11 is 0. The van der Waals surface area contributed by atoms with Crippen LogP contribution in [0.4, 0.5) is 0 Å². The molecule has 3 fully saturated rings. The predicted molar refractivity (Wildman–Crippen MR) is 123 cm³/mol. The van der Waals surface area contributed by atoms with Crippen LogP contribution in [0.1, 0.15) is 58.9 Å². The summed E-state index contributed by atoms with van der Waals surface area (Å²) in [4.78, 5) is 29.9. The first-order valence-corrected chi connectivity index (χ1v) is 12.2. The molecule has 178 valence electrons. The average molecular weight is 454 g/mol. The molecule has 6 heteroatoms. The van der Waals surface area contributed by atoms with Crippen LogP contribution in [0, 0.1) is 17.3 Å². The number of nitrogens with zero attached hydrogens (tertiary/aromatic N) is 1. The smallest absolute Gasteiger partial charge is 0.231 e. The number of hydrogen-bond donors (Lipinski definition) is 0. The fourth-order valence-corrected chi connectivity index (χ4v) is 6.22. The van der Waals surface area contributed by atoms with Crippen molar-refractivity contribution >= 4 is 11.7 Å². The van der Waals surface area contributed by atoms with Crippen molar-refractivity contribution in [3.63, 3.8) is 0 Å². The van der Waals surface area contributed by atoms with Gasteiger partial charge in [0, 0.05) is 17.8 Å². The van der Waals surface area contributed by atoms with E-state index in [1.165, 1.54) is 0 Å². The quantitative estimate of drug-likeness (QED) is 0.624. The van der Waals surface area contributed by atoms with E-state index in [9.17, 15) is 9.59 Å². The Morgan fingerprint density at radius 3 is 2.67 bits per heavy atom. The van der Waals surface area contributed by atoms with Crippen LogP contribution in [-0.2, 0) is 30.4 Å². The highest BCUT2D eigenvalue weighted by Crippen LogP contribution is 2.59. The maximum atomic E-state index is 14.2. The third-order valence-corrected chi connectivity index (χ3v) is 7.94. The molecular formula is C27H35NO5. The Hall–Kier alpha value is -2.02. The van der Waals surface area contributed by atoms with Gasteiger partial charge in [0.25, 0.3) is 0 Å². The molecular weight excluding hydrogens is 418 g/mol. The second-order valence-corrected chi connectivity index (χ2v) is 11.2. The highest BCUT2D eigenvalue weighted by molar-refractivity contribution is 6.02. The fraction of sp³-hybridized carbons (Fsp3) is 0.630. The van der Waals surface area contributed by atoms with E-state index in [1.54, 1.807) is 4.90 Å². The second kappa shape index (κ2) is 8.03. The van der Waals surface area contributed by atoms with Crippen LogP contribution < -0.4 is 0 Å². The van der Waals surface area contributed by atoms with Gasteiger partial charge in [-0.05, 0) is 31.7 Å². The van der Waals surface area contributed by atoms with E-state index in [1.807, 2.05) is 43.3 Å². The van der Waals surface area contributed by atoms with Crippen molar-refractivity contribution in [1.82, 2.24) is 4.90 Å². The summed E-state index contributed by atoms with van der Waals surface area (Å²) in [6, 6.07) is 9.92. The van der Waals surface area contributed by atoms with Crippen LogP contribution in [0.5, 0.6) is 0 Å². The zero-order valence-electron chi connectivity index (χ0n) is 20.1. The zero-order chi connectivity index (χ0) is 23.4. The van der Waals surface area contributed by atoms with Gasteiger partial charge in [-0.1, -0.05) is 63.3 Å². The Kier molecular flexibility index (Phi) is 5.54. The summed E-state index contributed by atoms with van der Waals surface area (Å²) < 4.78 is 18.9. The molecule has 0 spiro atoms. The van der Waals surface area contributed by atoms with Gasteiger partial charge < -0.3 is 14.2 Å². The minimum Gasteiger partial charge on any atom is -0.355 e. The van der Waals surface area contributed by atoms with Gasteiger partial charge in [0.2, 0.25) is 5.91 Å². The zero-order valence-corrected chi connectivity index (χ0v) is 20.1. The van der Waals surface area contributed by atoms with Crippen LogP contribution in [0.15, 0.2) is 42.5 Å². The highest BCUT2D eigenvalue weighted by atomic mass is 16.7. The SMILES string of the molecule is CC(C)(C)[C@@H]1OC[C@]2(C(=O)[C@@H]3C=CCCC3)N1C(=O)[C@@H]1CC(OCc3ccccc3)O[C@@]12C. The number of Topliss-reactive ketones (excluding diaryl/α,β-unsaturated/α-hetero) is 1.